The number of ether oxygens (including phenoxy) is 2. The van der Waals surface area contributed by atoms with Crippen molar-refractivity contribution in [1.29, 1.82) is 0 Å². The summed E-state index contributed by atoms with van der Waals surface area (Å²) in [6.07, 6.45) is 3.62. The fraction of sp³-hybridized carbons (Fsp3) is 0.234. The molecule has 1 aliphatic carbocycles. The van der Waals surface area contributed by atoms with Crippen molar-refractivity contribution in [1.82, 2.24) is 5.32 Å². The Bertz CT molecular complexity index is 3770. The van der Waals surface area contributed by atoms with Crippen molar-refractivity contribution in [3.05, 3.63) is 284 Å². The molecule has 0 unspecified atom stereocenters. The summed E-state index contributed by atoms with van der Waals surface area (Å²) in [5, 5.41) is 12.7. The number of methoxy groups -OCH3 is 2. The third-order valence-corrected chi connectivity index (χ3v) is 16.0. The molecule has 0 aromatic heterocycles. The fourth-order valence-corrected chi connectivity index (χ4v) is 9.45. The summed E-state index contributed by atoms with van der Waals surface area (Å²) < 4.78 is 10.3. The molecule has 0 saturated heterocycles. The van der Waals surface area contributed by atoms with Crippen LogP contribution in [0, 0.1) is 93.4 Å². The normalized spacial score (nSPS) is 10.4. The van der Waals surface area contributed by atoms with Crippen LogP contribution < -0.4 is 29.5 Å². The summed E-state index contributed by atoms with van der Waals surface area (Å²) in [5.74, 6) is 1.41. The van der Waals surface area contributed by atoms with Crippen LogP contribution in [-0.2, 0) is 46.2 Å². The Kier molecular flexibility index (Phi) is 39.1. The van der Waals surface area contributed by atoms with Crippen molar-refractivity contribution in [3.8, 4) is 17.2 Å². The fourth-order valence-electron chi connectivity index (χ4n) is 9.25. The molecule has 94 heavy (non-hydrogen) atoms. The Morgan fingerprint density at radius 3 is 1.21 bits per heavy atom. The number of para-hydroxylation sites is 3. The van der Waals surface area contributed by atoms with E-state index in [9.17, 15) is 29.1 Å². The summed E-state index contributed by atoms with van der Waals surface area (Å²) in [4.78, 5) is 63.4. The van der Waals surface area contributed by atoms with Crippen LogP contribution >= 0.6 is 25.1 Å². The van der Waals surface area contributed by atoms with Gasteiger partial charge < -0.3 is 34.6 Å². The molecule has 10 rings (SSSR count). The van der Waals surface area contributed by atoms with Crippen LogP contribution in [0.1, 0.15) is 122 Å². The van der Waals surface area contributed by atoms with E-state index in [0.717, 1.165) is 80.6 Å². The molecule has 3 amide bonds. The summed E-state index contributed by atoms with van der Waals surface area (Å²) >= 11 is 5.34. The van der Waals surface area contributed by atoms with Crippen molar-refractivity contribution < 1.29 is 111 Å². The van der Waals surface area contributed by atoms with E-state index in [1.165, 1.54) is 35.1 Å². The van der Waals surface area contributed by atoms with E-state index in [1.807, 2.05) is 180 Å². The van der Waals surface area contributed by atoms with Crippen molar-refractivity contribution in [2.24, 2.45) is 0 Å². The number of phenolic OH excluding ortho intramolecular Hbond substituents is 1. The predicted molar refractivity (Wildman–Crippen MR) is 382 cm³/mol. The number of aryl methyl sites for hydroxylation is 3. The first-order chi connectivity index (χ1) is 43.1. The Hall–Kier alpha value is -6.95. The first-order valence-electron chi connectivity index (χ1n) is 29.7. The summed E-state index contributed by atoms with van der Waals surface area (Å²) in [6.45, 7) is 18.8. The van der Waals surface area contributed by atoms with Crippen molar-refractivity contribution in [2.45, 2.75) is 87.7 Å². The van der Waals surface area contributed by atoms with Gasteiger partial charge in [-0.15, -0.1) is 0 Å². The number of nitrogens with one attached hydrogen (secondary N) is 1. The van der Waals surface area contributed by atoms with E-state index in [0.29, 0.717) is 28.0 Å². The molecule has 9 aromatic rings. The molecule has 1 saturated carbocycles. The molecule has 0 aliphatic heterocycles. The standard InChI is InChI=1S/C16H17NO2.C16H17NO.C15H15NO2.C12H17N.C9H9ClO2.C9H10O.H2S.U.V.W.H2/c1-12-14(10-7-11-15(12)19-3)16(18)17(2)13-8-5-4-6-9-13;1-12-8-7-11-15(13(12)2)16(18)17(3)14-9-5-4-6-10-14;1-11-13(9-6-10-14(11)17)15(18)16(2)12-7-4-3-5-8-12;1-9-4-3-5-11(10(9)2)8-13-12-6-7-12;1-6-7(9(10)11)4-3-5-8(6)12-2;1-7-4-3-5-9(6-10)8(7)2;;;;;/h4-11H,1-3H3;4-11H,1-3H3;3-10,17H,1-2H3;3-5,12-13H,6-8H2,1-2H3;3-5H,1-2H3;3-6H,1-2H3;1H2;;;;1H/i;;;;;;;;;;1+2. The number of rotatable bonds is 13. The minimum atomic E-state index is -0.452. The third kappa shape index (κ3) is 25.0. The Balaban J connectivity index is 0.00000112. The van der Waals surface area contributed by atoms with Crippen LogP contribution in [-0.4, -0.2) is 75.8 Å². The van der Waals surface area contributed by atoms with Gasteiger partial charge >= 0.3 is 0 Å². The number of hydrogen-bond donors (Lipinski definition) is 2. The number of halogens is 1. The Morgan fingerprint density at radius 1 is 0.479 bits per heavy atom. The summed E-state index contributed by atoms with van der Waals surface area (Å²) in [7, 11) is 8.47. The van der Waals surface area contributed by atoms with Gasteiger partial charge in [0.25, 0.3) is 23.0 Å². The van der Waals surface area contributed by atoms with Crippen LogP contribution in [0.4, 0.5) is 17.1 Å². The zero-order valence-corrected chi connectivity index (χ0v) is 66.5. The molecule has 0 spiro atoms. The number of carbonyl (C=O) groups excluding carboxylic acids is 5. The van der Waals surface area contributed by atoms with Gasteiger partial charge in [-0.05, 0) is 205 Å². The maximum absolute atomic E-state index is 12.5. The van der Waals surface area contributed by atoms with Gasteiger partial charge in [-0.3, -0.25) is 24.0 Å². The molecule has 0 heterocycles. The number of hydrogen-bond acceptors (Lipinski definition) is 9. The molecule has 17 heteroatoms. The molecule has 9 aromatic carbocycles. The number of nitrogens with zero attached hydrogens (tertiary/aromatic N) is 3. The van der Waals surface area contributed by atoms with E-state index in [2.05, 4.69) is 37.4 Å². The zero-order valence-electron chi connectivity index (χ0n) is 56.2. The van der Waals surface area contributed by atoms with Gasteiger partial charge in [0.05, 0.1) is 14.2 Å². The van der Waals surface area contributed by atoms with Gasteiger partial charge in [0.15, 0.2) is 0 Å². The number of phenols is 1. The molecule has 493 valence electrons. The van der Waals surface area contributed by atoms with E-state index >= 15 is 0 Å². The van der Waals surface area contributed by atoms with E-state index in [4.69, 9.17) is 21.1 Å². The molecule has 1 fully saturated rings. The molecule has 1 aliphatic rings. The molecule has 1 radical (unpaired) electrons. The maximum Gasteiger partial charge on any atom is 0.258 e. The molecule has 0 bridgehead atoms. The first-order valence-corrected chi connectivity index (χ1v) is 30.0. The molecular formula is C77H89ClN4O8SUVW. The van der Waals surface area contributed by atoms with E-state index in [-0.39, 0.29) is 109 Å². The molecule has 12 nitrogen and oxygen atoms in total. The number of amides is 3. The average Bonchev–Trinajstić information content (AvgIpc) is 1.16. The number of benzene rings is 9. The second-order valence-corrected chi connectivity index (χ2v) is 22.1. The molecular weight excluding hydrogens is 1650 g/mol. The minimum absolute atomic E-state index is 0. The minimum Gasteiger partial charge on any atom is -0.508 e. The third-order valence-electron chi connectivity index (χ3n) is 15.8. The van der Waals surface area contributed by atoms with Gasteiger partial charge in [0.1, 0.15) is 23.5 Å². The largest absolute Gasteiger partial charge is 0.508 e. The number of anilines is 3. The Labute approximate surface area is 620 Å². The van der Waals surface area contributed by atoms with Crippen molar-refractivity contribution >= 4 is 71.4 Å². The molecule has 2 N–H and O–H groups in total. The molecule has 0 atom stereocenters. The zero-order chi connectivity index (χ0) is 66.0. The smallest absolute Gasteiger partial charge is 0.258 e. The number of aldehydes is 1. The second-order valence-electron chi connectivity index (χ2n) is 21.8. The first kappa shape index (κ1) is 85.1. The van der Waals surface area contributed by atoms with Gasteiger partial charge in [-0.2, -0.15) is 13.5 Å². The second kappa shape index (κ2) is 43.2. The maximum atomic E-state index is 12.5. The van der Waals surface area contributed by atoms with E-state index < -0.39 is 5.24 Å². The van der Waals surface area contributed by atoms with Gasteiger partial charge in [0, 0.05) is 167 Å². The van der Waals surface area contributed by atoms with Crippen LogP contribution in [0.5, 0.6) is 17.2 Å². The van der Waals surface area contributed by atoms with E-state index in [1.54, 1.807) is 100 Å². The van der Waals surface area contributed by atoms with Crippen LogP contribution in [0.25, 0.3) is 0 Å². The topological polar surface area (TPSA) is 146 Å². The van der Waals surface area contributed by atoms with Crippen molar-refractivity contribution in [3.63, 3.8) is 0 Å². The van der Waals surface area contributed by atoms with Gasteiger partial charge in [0.2, 0.25) is 0 Å². The quantitative estimate of drug-likeness (QED) is 0.0851. The van der Waals surface area contributed by atoms with Crippen LogP contribution in [0.15, 0.2) is 200 Å². The van der Waals surface area contributed by atoms with Gasteiger partial charge in [-0.25, -0.2) is 0 Å². The van der Waals surface area contributed by atoms with Crippen LogP contribution in [0.3, 0.4) is 0 Å². The SMILES string of the molecule is COc1cccc(C(=O)Cl)c1C.COc1cccc(C(=O)N(C)c2ccccc2)c1C.Cc1c(O)cccc1C(=O)N(C)c1ccccc1.Cc1cccc(C(=O)N(C)c2ccccc2)c1C.Cc1cccc(C=O)c1C.Cc1cccc(CNC2CC2)c1C.S.[3HH].[U].[V].[W]. The van der Waals surface area contributed by atoms with Gasteiger partial charge in [-0.1, -0.05) is 121 Å². The summed E-state index contributed by atoms with van der Waals surface area (Å²) in [5.41, 5.74) is 16.8. The van der Waals surface area contributed by atoms with Crippen LogP contribution in [0.2, 0.25) is 0 Å². The Morgan fingerprint density at radius 2 is 0.819 bits per heavy atom. The monoisotopic (exact) mass is 1740 g/mol. The average molecular weight is 1740 g/mol. The predicted octanol–water partition coefficient (Wildman–Crippen LogP) is 17.2. The summed E-state index contributed by atoms with van der Waals surface area (Å²) in [6, 6.07) is 63.2. The number of carbonyl (C=O) groups is 5. The van der Waals surface area contributed by atoms with Crippen molar-refractivity contribution in [2.75, 3.05) is 50.1 Å². The number of aromatic hydroxyl groups is 1.